The standard InChI is InChI=1S/C25H28ClN3O2/c1-16-11-17(2)23-18(12-16)13-19(24(30)28-23)15-29(22-9-4-3-5-10-22)25(31)27-21-8-6-7-20(26)14-21/h6-8,11-14,22H,3-5,9-10,15H2,1-2H3,(H,27,31)(H,28,30). The number of hydrogen-bond donors (Lipinski definition) is 2. The first kappa shape index (κ1) is 21.4. The van der Waals surface area contributed by atoms with E-state index in [1.807, 2.05) is 36.9 Å². The summed E-state index contributed by atoms with van der Waals surface area (Å²) in [5.41, 5.74) is 4.15. The van der Waals surface area contributed by atoms with Crippen LogP contribution in [-0.2, 0) is 6.54 Å². The maximum Gasteiger partial charge on any atom is 0.322 e. The summed E-state index contributed by atoms with van der Waals surface area (Å²) in [5.74, 6) is 0. The van der Waals surface area contributed by atoms with E-state index in [1.165, 1.54) is 6.42 Å². The number of fused-ring (bicyclic) bond motifs is 1. The van der Waals surface area contributed by atoms with E-state index in [0.717, 1.165) is 47.7 Å². The summed E-state index contributed by atoms with van der Waals surface area (Å²) in [6, 6.07) is 13.1. The van der Waals surface area contributed by atoms with Gasteiger partial charge >= 0.3 is 6.03 Å². The normalized spacial score (nSPS) is 14.5. The molecule has 5 nitrogen and oxygen atoms in total. The van der Waals surface area contributed by atoms with Gasteiger partial charge in [-0.15, -0.1) is 0 Å². The van der Waals surface area contributed by atoms with Gasteiger partial charge in [-0.1, -0.05) is 48.6 Å². The lowest BCUT2D eigenvalue weighted by Gasteiger charge is -2.34. The monoisotopic (exact) mass is 437 g/mol. The molecule has 0 atom stereocenters. The number of aromatic amines is 1. The van der Waals surface area contributed by atoms with E-state index in [2.05, 4.69) is 22.4 Å². The number of aryl methyl sites for hydroxylation is 2. The highest BCUT2D eigenvalue weighted by atomic mass is 35.5. The van der Waals surface area contributed by atoms with E-state index in [4.69, 9.17) is 11.6 Å². The Kier molecular flexibility index (Phi) is 6.33. The lowest BCUT2D eigenvalue weighted by molar-refractivity contribution is 0.162. The Morgan fingerprint density at radius 3 is 2.65 bits per heavy atom. The van der Waals surface area contributed by atoms with Crippen molar-refractivity contribution in [2.75, 3.05) is 5.32 Å². The van der Waals surface area contributed by atoms with Crippen LogP contribution >= 0.6 is 11.6 Å². The van der Waals surface area contributed by atoms with Gasteiger partial charge in [0.2, 0.25) is 0 Å². The molecule has 6 heteroatoms. The fourth-order valence-electron chi connectivity index (χ4n) is 4.55. The molecule has 1 heterocycles. The average molecular weight is 438 g/mol. The van der Waals surface area contributed by atoms with Gasteiger partial charge in [0.15, 0.2) is 0 Å². The summed E-state index contributed by atoms with van der Waals surface area (Å²) < 4.78 is 0. The first-order valence-electron chi connectivity index (χ1n) is 10.9. The summed E-state index contributed by atoms with van der Waals surface area (Å²) >= 11 is 6.08. The fourth-order valence-corrected chi connectivity index (χ4v) is 4.74. The van der Waals surface area contributed by atoms with Crippen LogP contribution in [0.3, 0.4) is 0 Å². The van der Waals surface area contributed by atoms with Crippen LogP contribution in [0.2, 0.25) is 5.02 Å². The highest BCUT2D eigenvalue weighted by Crippen LogP contribution is 2.26. The van der Waals surface area contributed by atoms with Crippen LogP contribution in [0.4, 0.5) is 10.5 Å². The fraction of sp³-hybridized carbons (Fsp3) is 0.360. The van der Waals surface area contributed by atoms with Crippen molar-refractivity contribution < 1.29 is 4.79 Å². The number of carbonyl (C=O) groups excluding carboxylic acids is 1. The van der Waals surface area contributed by atoms with Gasteiger partial charge in [0, 0.05) is 22.3 Å². The Morgan fingerprint density at radius 2 is 1.90 bits per heavy atom. The molecule has 1 saturated carbocycles. The quantitative estimate of drug-likeness (QED) is 0.512. The van der Waals surface area contributed by atoms with E-state index < -0.39 is 0 Å². The van der Waals surface area contributed by atoms with Gasteiger partial charge in [-0.3, -0.25) is 4.79 Å². The number of hydrogen-bond acceptors (Lipinski definition) is 2. The molecule has 1 fully saturated rings. The van der Waals surface area contributed by atoms with Crippen LogP contribution in [0.5, 0.6) is 0 Å². The number of benzene rings is 2. The van der Waals surface area contributed by atoms with Crippen molar-refractivity contribution in [2.24, 2.45) is 0 Å². The first-order chi connectivity index (χ1) is 14.9. The molecule has 0 unspecified atom stereocenters. The number of amides is 2. The molecule has 2 N–H and O–H groups in total. The number of rotatable bonds is 4. The number of nitrogens with one attached hydrogen (secondary N) is 2. The van der Waals surface area contributed by atoms with Crippen molar-refractivity contribution in [1.82, 2.24) is 9.88 Å². The van der Waals surface area contributed by atoms with Crippen LogP contribution in [0.1, 0.15) is 48.8 Å². The van der Waals surface area contributed by atoms with Gasteiger partial charge < -0.3 is 15.2 Å². The highest BCUT2D eigenvalue weighted by molar-refractivity contribution is 6.30. The second kappa shape index (κ2) is 9.15. The number of aromatic nitrogens is 1. The van der Waals surface area contributed by atoms with Crippen molar-refractivity contribution in [1.29, 1.82) is 0 Å². The molecular formula is C25H28ClN3O2. The first-order valence-corrected chi connectivity index (χ1v) is 11.2. The van der Waals surface area contributed by atoms with E-state index in [9.17, 15) is 9.59 Å². The zero-order valence-corrected chi connectivity index (χ0v) is 18.8. The molecule has 0 spiro atoms. The molecule has 0 bridgehead atoms. The summed E-state index contributed by atoms with van der Waals surface area (Å²) in [6.07, 6.45) is 5.28. The van der Waals surface area contributed by atoms with Crippen LogP contribution in [0.15, 0.2) is 47.3 Å². The molecule has 31 heavy (non-hydrogen) atoms. The second-order valence-electron chi connectivity index (χ2n) is 8.53. The van der Waals surface area contributed by atoms with Gasteiger partial charge in [0.25, 0.3) is 5.56 Å². The summed E-state index contributed by atoms with van der Waals surface area (Å²) in [4.78, 5) is 31.0. The predicted molar refractivity (Wildman–Crippen MR) is 127 cm³/mol. The summed E-state index contributed by atoms with van der Waals surface area (Å²) in [6.45, 7) is 4.32. The Bertz CT molecular complexity index is 1170. The maximum atomic E-state index is 13.3. The SMILES string of the molecule is Cc1cc(C)c2[nH]c(=O)c(CN(C(=O)Nc3cccc(Cl)c3)C3CCCCC3)cc2c1. The topological polar surface area (TPSA) is 65.2 Å². The van der Waals surface area contributed by atoms with E-state index >= 15 is 0 Å². The number of pyridine rings is 1. The van der Waals surface area contributed by atoms with Gasteiger partial charge in [-0.25, -0.2) is 4.79 Å². The summed E-state index contributed by atoms with van der Waals surface area (Å²) in [7, 11) is 0. The van der Waals surface area contributed by atoms with Crippen molar-refractivity contribution in [3.63, 3.8) is 0 Å². The van der Waals surface area contributed by atoms with Gasteiger partial charge in [-0.05, 0) is 68.0 Å². The number of nitrogens with zero attached hydrogens (tertiary/aromatic N) is 1. The Balaban J connectivity index is 1.66. The zero-order valence-electron chi connectivity index (χ0n) is 18.0. The lowest BCUT2D eigenvalue weighted by atomic mass is 9.94. The number of H-pyrrole nitrogens is 1. The highest BCUT2D eigenvalue weighted by Gasteiger charge is 2.26. The van der Waals surface area contributed by atoms with Crippen molar-refractivity contribution >= 4 is 34.2 Å². The molecule has 2 amide bonds. The number of urea groups is 1. The Hall–Kier alpha value is -2.79. The van der Waals surface area contributed by atoms with Gasteiger partial charge in [0.1, 0.15) is 0 Å². The van der Waals surface area contributed by atoms with Gasteiger partial charge in [-0.2, -0.15) is 0 Å². The maximum absolute atomic E-state index is 13.3. The zero-order chi connectivity index (χ0) is 22.0. The molecule has 1 aliphatic carbocycles. The molecular weight excluding hydrogens is 410 g/mol. The second-order valence-corrected chi connectivity index (χ2v) is 8.97. The minimum Gasteiger partial charge on any atom is -0.321 e. The molecule has 0 saturated heterocycles. The largest absolute Gasteiger partial charge is 0.322 e. The Labute approximate surface area is 187 Å². The van der Waals surface area contributed by atoms with E-state index in [1.54, 1.807) is 12.1 Å². The third kappa shape index (κ3) is 4.93. The number of halogens is 1. The Morgan fingerprint density at radius 1 is 1.13 bits per heavy atom. The molecule has 3 aromatic rings. The predicted octanol–water partition coefficient (Wildman–Crippen LogP) is 6.17. The lowest BCUT2D eigenvalue weighted by Crippen LogP contribution is -2.44. The van der Waals surface area contributed by atoms with Crippen LogP contribution < -0.4 is 10.9 Å². The third-order valence-electron chi connectivity index (χ3n) is 6.06. The van der Waals surface area contributed by atoms with Crippen LogP contribution in [-0.4, -0.2) is 22.0 Å². The van der Waals surface area contributed by atoms with Crippen molar-refractivity contribution in [3.8, 4) is 0 Å². The van der Waals surface area contributed by atoms with Crippen LogP contribution in [0.25, 0.3) is 10.9 Å². The van der Waals surface area contributed by atoms with E-state index in [-0.39, 0.29) is 24.2 Å². The third-order valence-corrected chi connectivity index (χ3v) is 6.30. The smallest absolute Gasteiger partial charge is 0.321 e. The molecule has 1 aromatic heterocycles. The van der Waals surface area contributed by atoms with Crippen LogP contribution in [0, 0.1) is 13.8 Å². The average Bonchev–Trinajstić information content (AvgIpc) is 2.73. The van der Waals surface area contributed by atoms with Crippen molar-refractivity contribution in [2.45, 2.75) is 58.5 Å². The van der Waals surface area contributed by atoms with Crippen molar-refractivity contribution in [3.05, 3.63) is 74.5 Å². The minimum absolute atomic E-state index is 0.113. The van der Waals surface area contributed by atoms with E-state index in [0.29, 0.717) is 16.3 Å². The molecule has 0 aliphatic heterocycles. The molecule has 162 valence electrons. The molecule has 2 aromatic carbocycles. The minimum atomic E-state index is -0.200. The molecule has 4 rings (SSSR count). The number of carbonyl (C=O) groups is 1. The number of anilines is 1. The molecule has 0 radical (unpaired) electrons. The summed E-state index contributed by atoms with van der Waals surface area (Å²) in [5, 5.41) is 4.53. The van der Waals surface area contributed by atoms with Gasteiger partial charge in [0.05, 0.1) is 12.1 Å². The molecule has 1 aliphatic rings.